The molecule has 0 bridgehead atoms. The quantitative estimate of drug-likeness (QED) is 0.918. The van der Waals surface area contributed by atoms with Crippen LogP contribution in [-0.2, 0) is 9.53 Å². The van der Waals surface area contributed by atoms with Crippen molar-refractivity contribution in [1.82, 2.24) is 0 Å². The normalized spacial score (nSPS) is 19.3. The Hall–Kier alpha value is -1.26. The Morgan fingerprint density at radius 1 is 1.56 bits per heavy atom. The lowest BCUT2D eigenvalue weighted by Crippen LogP contribution is -2.30. The number of rotatable bonds is 3. The number of methoxy groups -OCH3 is 1. The van der Waals surface area contributed by atoms with Gasteiger partial charge in [-0.2, -0.15) is 0 Å². The third kappa shape index (κ3) is 3.15. The molecule has 0 radical (unpaired) electrons. The van der Waals surface area contributed by atoms with E-state index in [9.17, 15) is 4.79 Å². The second-order valence-electron chi connectivity index (χ2n) is 4.25. The SMILES string of the molecule is COc1ccc(Cl)cc1NC(=O)C1CCCOC1. The first kappa shape index (κ1) is 13.2. The zero-order valence-electron chi connectivity index (χ0n) is 10.2. The molecule has 4 nitrogen and oxygen atoms in total. The van der Waals surface area contributed by atoms with Gasteiger partial charge in [-0.3, -0.25) is 4.79 Å². The Morgan fingerprint density at radius 2 is 2.39 bits per heavy atom. The lowest BCUT2D eigenvalue weighted by Gasteiger charge is -2.21. The molecule has 1 aromatic carbocycles. The molecule has 1 amide bonds. The Labute approximate surface area is 111 Å². The predicted molar refractivity (Wildman–Crippen MR) is 70.2 cm³/mol. The molecule has 1 atom stereocenters. The Balaban J connectivity index is 2.07. The molecule has 1 heterocycles. The number of hydrogen-bond donors (Lipinski definition) is 1. The highest BCUT2D eigenvalue weighted by molar-refractivity contribution is 6.31. The number of nitrogens with one attached hydrogen (secondary N) is 1. The number of ether oxygens (including phenoxy) is 2. The molecule has 1 aromatic rings. The molecule has 1 fully saturated rings. The molecule has 1 saturated heterocycles. The van der Waals surface area contributed by atoms with E-state index in [0.717, 1.165) is 19.4 Å². The van der Waals surface area contributed by atoms with Crippen LogP contribution in [0.25, 0.3) is 0 Å². The second-order valence-corrected chi connectivity index (χ2v) is 4.68. The molecular weight excluding hydrogens is 254 g/mol. The van der Waals surface area contributed by atoms with Crippen molar-refractivity contribution in [2.75, 3.05) is 25.6 Å². The number of carbonyl (C=O) groups excluding carboxylic acids is 1. The van der Waals surface area contributed by atoms with E-state index >= 15 is 0 Å². The van der Waals surface area contributed by atoms with E-state index in [2.05, 4.69) is 5.32 Å². The molecule has 1 unspecified atom stereocenters. The van der Waals surface area contributed by atoms with Crippen LogP contribution in [-0.4, -0.2) is 26.2 Å². The van der Waals surface area contributed by atoms with Gasteiger partial charge in [-0.15, -0.1) is 0 Å². The van der Waals surface area contributed by atoms with Gasteiger partial charge in [0.2, 0.25) is 5.91 Å². The standard InChI is InChI=1S/C13H16ClNO3/c1-17-12-5-4-10(14)7-11(12)15-13(16)9-3-2-6-18-8-9/h4-5,7,9H,2-3,6,8H2,1H3,(H,15,16). The van der Waals surface area contributed by atoms with Gasteiger partial charge in [0.1, 0.15) is 5.75 Å². The van der Waals surface area contributed by atoms with Crippen LogP contribution in [0, 0.1) is 5.92 Å². The fourth-order valence-electron chi connectivity index (χ4n) is 1.96. The Kier molecular flexibility index (Phi) is 4.44. The minimum absolute atomic E-state index is 0.0460. The van der Waals surface area contributed by atoms with Gasteiger partial charge in [-0.25, -0.2) is 0 Å². The van der Waals surface area contributed by atoms with E-state index in [1.807, 2.05) is 0 Å². The zero-order valence-corrected chi connectivity index (χ0v) is 11.0. The first-order valence-electron chi connectivity index (χ1n) is 5.93. The maximum absolute atomic E-state index is 12.1. The van der Waals surface area contributed by atoms with Crippen LogP contribution >= 0.6 is 11.6 Å². The highest BCUT2D eigenvalue weighted by Crippen LogP contribution is 2.28. The van der Waals surface area contributed by atoms with Crippen LogP contribution in [0.4, 0.5) is 5.69 Å². The minimum atomic E-state index is -0.0950. The zero-order chi connectivity index (χ0) is 13.0. The maximum Gasteiger partial charge on any atom is 0.229 e. The Morgan fingerprint density at radius 3 is 3.06 bits per heavy atom. The first-order valence-corrected chi connectivity index (χ1v) is 6.30. The average Bonchev–Trinajstić information content (AvgIpc) is 2.40. The summed E-state index contributed by atoms with van der Waals surface area (Å²) in [5.74, 6) is 0.460. The van der Waals surface area contributed by atoms with Crippen molar-refractivity contribution in [3.63, 3.8) is 0 Å². The van der Waals surface area contributed by atoms with Crippen LogP contribution in [0.15, 0.2) is 18.2 Å². The number of amides is 1. The van der Waals surface area contributed by atoms with Gasteiger partial charge in [-0.1, -0.05) is 11.6 Å². The number of carbonyl (C=O) groups is 1. The van der Waals surface area contributed by atoms with Crippen LogP contribution < -0.4 is 10.1 Å². The topological polar surface area (TPSA) is 47.6 Å². The third-order valence-electron chi connectivity index (χ3n) is 2.95. The van der Waals surface area contributed by atoms with E-state index in [0.29, 0.717) is 23.1 Å². The first-order chi connectivity index (χ1) is 8.70. The van der Waals surface area contributed by atoms with Gasteiger partial charge >= 0.3 is 0 Å². The highest BCUT2D eigenvalue weighted by atomic mass is 35.5. The average molecular weight is 270 g/mol. The molecule has 1 aliphatic heterocycles. The highest BCUT2D eigenvalue weighted by Gasteiger charge is 2.22. The molecule has 18 heavy (non-hydrogen) atoms. The molecule has 98 valence electrons. The van der Waals surface area contributed by atoms with Crippen LogP contribution in [0.2, 0.25) is 5.02 Å². The van der Waals surface area contributed by atoms with Crippen molar-refractivity contribution < 1.29 is 14.3 Å². The fraction of sp³-hybridized carbons (Fsp3) is 0.462. The number of hydrogen-bond acceptors (Lipinski definition) is 3. The molecule has 0 spiro atoms. The molecule has 1 aliphatic rings. The van der Waals surface area contributed by atoms with Crippen molar-refractivity contribution in [1.29, 1.82) is 0 Å². The van der Waals surface area contributed by atoms with Crippen molar-refractivity contribution >= 4 is 23.2 Å². The summed E-state index contributed by atoms with van der Waals surface area (Å²) in [6.07, 6.45) is 1.78. The molecule has 1 N–H and O–H groups in total. The molecule has 0 aromatic heterocycles. The molecular formula is C13H16ClNO3. The van der Waals surface area contributed by atoms with Gasteiger partial charge in [0, 0.05) is 11.6 Å². The second kappa shape index (κ2) is 6.07. The van der Waals surface area contributed by atoms with Crippen LogP contribution in [0.5, 0.6) is 5.75 Å². The summed E-state index contributed by atoms with van der Waals surface area (Å²) >= 11 is 5.91. The summed E-state index contributed by atoms with van der Waals surface area (Å²) < 4.78 is 10.5. The van der Waals surface area contributed by atoms with Crippen molar-refractivity contribution in [3.8, 4) is 5.75 Å². The van der Waals surface area contributed by atoms with Gasteiger partial charge in [0.25, 0.3) is 0 Å². The summed E-state index contributed by atoms with van der Waals surface area (Å²) in [7, 11) is 1.56. The summed E-state index contributed by atoms with van der Waals surface area (Å²) in [4.78, 5) is 12.1. The predicted octanol–water partition coefficient (Wildman–Crippen LogP) is 2.71. The number of benzene rings is 1. The van der Waals surface area contributed by atoms with E-state index in [4.69, 9.17) is 21.1 Å². The minimum Gasteiger partial charge on any atom is -0.495 e. The smallest absolute Gasteiger partial charge is 0.229 e. The van der Waals surface area contributed by atoms with Gasteiger partial charge in [-0.05, 0) is 31.0 Å². The van der Waals surface area contributed by atoms with E-state index in [-0.39, 0.29) is 11.8 Å². The van der Waals surface area contributed by atoms with E-state index < -0.39 is 0 Å². The summed E-state index contributed by atoms with van der Waals surface area (Å²) in [5.41, 5.74) is 0.598. The monoisotopic (exact) mass is 269 g/mol. The fourth-order valence-corrected chi connectivity index (χ4v) is 2.13. The number of halogens is 1. The van der Waals surface area contributed by atoms with Crippen molar-refractivity contribution in [3.05, 3.63) is 23.2 Å². The lowest BCUT2D eigenvalue weighted by atomic mass is 10.0. The Bertz CT molecular complexity index is 430. The van der Waals surface area contributed by atoms with Crippen LogP contribution in [0.3, 0.4) is 0 Å². The third-order valence-corrected chi connectivity index (χ3v) is 3.19. The van der Waals surface area contributed by atoms with E-state index in [1.165, 1.54) is 0 Å². The summed E-state index contributed by atoms with van der Waals surface area (Å²) in [6.45, 7) is 1.22. The molecule has 0 aliphatic carbocycles. The van der Waals surface area contributed by atoms with E-state index in [1.54, 1.807) is 25.3 Å². The lowest BCUT2D eigenvalue weighted by molar-refractivity contribution is -0.123. The van der Waals surface area contributed by atoms with Crippen LogP contribution in [0.1, 0.15) is 12.8 Å². The van der Waals surface area contributed by atoms with Gasteiger partial charge in [0.15, 0.2) is 0 Å². The van der Waals surface area contributed by atoms with Crippen molar-refractivity contribution in [2.45, 2.75) is 12.8 Å². The number of anilines is 1. The maximum atomic E-state index is 12.1. The summed E-state index contributed by atoms with van der Waals surface area (Å²) in [5, 5.41) is 3.40. The molecule has 2 rings (SSSR count). The van der Waals surface area contributed by atoms with Gasteiger partial charge < -0.3 is 14.8 Å². The largest absolute Gasteiger partial charge is 0.495 e. The molecule has 5 heteroatoms. The summed E-state index contributed by atoms with van der Waals surface area (Å²) in [6, 6.07) is 5.14. The van der Waals surface area contributed by atoms with Gasteiger partial charge in [0.05, 0.1) is 25.3 Å². The van der Waals surface area contributed by atoms with Crippen molar-refractivity contribution in [2.24, 2.45) is 5.92 Å². The molecule has 0 saturated carbocycles.